The van der Waals surface area contributed by atoms with E-state index in [4.69, 9.17) is 23.7 Å². The molecule has 0 aliphatic heterocycles. The molecule has 1 atom stereocenters. The van der Waals surface area contributed by atoms with Gasteiger partial charge in [-0.25, -0.2) is 14.6 Å². The molecule has 3 aromatic carbocycles. The second-order valence-corrected chi connectivity index (χ2v) is 10.3. The third-order valence-electron chi connectivity index (χ3n) is 6.47. The molecule has 0 fully saturated rings. The number of thiazole rings is 1. The van der Waals surface area contributed by atoms with Gasteiger partial charge in [0.25, 0.3) is 0 Å². The molecule has 0 aliphatic carbocycles. The summed E-state index contributed by atoms with van der Waals surface area (Å²) < 4.78 is 28.7. The van der Waals surface area contributed by atoms with E-state index in [2.05, 4.69) is 11.1 Å². The van der Waals surface area contributed by atoms with Gasteiger partial charge in [0.1, 0.15) is 24.1 Å². The summed E-state index contributed by atoms with van der Waals surface area (Å²) in [6.07, 6.45) is -0.698. The van der Waals surface area contributed by atoms with E-state index in [1.807, 2.05) is 36.2 Å². The van der Waals surface area contributed by atoms with Crippen LogP contribution in [0, 0.1) is 0 Å². The number of carbonyl (C=O) groups excluding carboxylic acids is 2. The predicted octanol–water partition coefficient (Wildman–Crippen LogP) is 5.78. The number of amides is 1. The fraction of sp³-hybridized carbons (Fsp3) is 0.323. The van der Waals surface area contributed by atoms with E-state index in [9.17, 15) is 9.59 Å². The molecule has 11 heteroatoms. The summed E-state index contributed by atoms with van der Waals surface area (Å²) in [5, 5.41) is 0.902. The van der Waals surface area contributed by atoms with Crippen LogP contribution in [0.25, 0.3) is 10.2 Å². The van der Waals surface area contributed by atoms with Gasteiger partial charge in [-0.1, -0.05) is 29.5 Å². The second-order valence-electron chi connectivity index (χ2n) is 9.32. The lowest BCUT2D eigenvalue weighted by Gasteiger charge is -2.27. The number of fused-ring (bicyclic) bond motifs is 1. The third-order valence-corrected chi connectivity index (χ3v) is 7.62. The van der Waals surface area contributed by atoms with Crippen molar-refractivity contribution in [3.63, 3.8) is 0 Å². The molecular formula is C31H35N3O7S. The largest absolute Gasteiger partial charge is 0.497 e. The Hall–Kier alpha value is -4.51. The van der Waals surface area contributed by atoms with Crippen molar-refractivity contribution < 1.29 is 33.3 Å². The first-order valence-corrected chi connectivity index (χ1v) is 14.3. The summed E-state index contributed by atoms with van der Waals surface area (Å²) in [5.41, 5.74) is 1.68. The molecule has 1 heterocycles. The molecule has 0 saturated carbocycles. The van der Waals surface area contributed by atoms with E-state index in [0.29, 0.717) is 41.7 Å². The Morgan fingerprint density at radius 2 is 1.69 bits per heavy atom. The average molecular weight is 594 g/mol. The zero-order chi connectivity index (χ0) is 30.1. The number of hydrogen-bond acceptors (Lipinski definition) is 10. The molecule has 1 amide bonds. The Morgan fingerprint density at radius 1 is 0.952 bits per heavy atom. The van der Waals surface area contributed by atoms with Gasteiger partial charge in [-0.15, -0.1) is 0 Å². The summed E-state index contributed by atoms with van der Waals surface area (Å²) in [4.78, 5) is 33.9. The van der Waals surface area contributed by atoms with Gasteiger partial charge in [0.05, 0.1) is 44.1 Å². The zero-order valence-electron chi connectivity index (χ0n) is 24.4. The van der Waals surface area contributed by atoms with Crippen LogP contribution < -0.4 is 23.8 Å². The smallest absolute Gasteiger partial charge is 0.416 e. The van der Waals surface area contributed by atoms with E-state index in [0.717, 1.165) is 15.3 Å². The van der Waals surface area contributed by atoms with Crippen molar-refractivity contribution in [3.05, 3.63) is 72.3 Å². The second kappa shape index (κ2) is 14.4. The number of nitrogens with zero attached hydrogens (tertiary/aromatic N) is 3. The quantitative estimate of drug-likeness (QED) is 0.179. The van der Waals surface area contributed by atoms with E-state index >= 15 is 0 Å². The van der Waals surface area contributed by atoms with Crippen molar-refractivity contribution >= 4 is 38.7 Å². The van der Waals surface area contributed by atoms with Gasteiger partial charge in [-0.3, -0.25) is 4.90 Å². The molecule has 4 rings (SSSR count). The number of esters is 1. The van der Waals surface area contributed by atoms with E-state index in [1.165, 1.54) is 4.90 Å². The normalized spacial score (nSPS) is 11.5. The lowest BCUT2D eigenvalue weighted by molar-refractivity contribution is -0.148. The molecule has 0 radical (unpaired) electrons. The van der Waals surface area contributed by atoms with Crippen molar-refractivity contribution in [2.75, 3.05) is 45.9 Å². The number of hydrogen-bond donors (Lipinski definition) is 0. The number of likely N-dealkylation sites (N-methyl/N-ethyl adjacent to an activating group) is 1. The number of benzene rings is 3. The van der Waals surface area contributed by atoms with E-state index in [-0.39, 0.29) is 13.2 Å². The van der Waals surface area contributed by atoms with Crippen molar-refractivity contribution in [2.24, 2.45) is 0 Å². The summed E-state index contributed by atoms with van der Waals surface area (Å²) in [7, 11) is 5.09. The van der Waals surface area contributed by atoms with Gasteiger partial charge in [0.2, 0.25) is 0 Å². The van der Waals surface area contributed by atoms with Crippen LogP contribution in [0.5, 0.6) is 23.0 Å². The molecule has 0 aliphatic rings. The molecular weight excluding hydrogens is 558 g/mol. The standard InChI is InChI=1S/C31H35N3O7S/c1-6-39-29(35)21(2)34(31(36)41-24-14-12-23(37-4)13-15-24)20-22-11-16-26(38-5)27(19-22)40-18-17-33(3)30-32-25-9-7-8-10-28(25)42-30/h7-16,19,21H,6,17-18,20H2,1-5H3/t21-/m1/s1. The number of rotatable bonds is 13. The Morgan fingerprint density at radius 3 is 2.38 bits per heavy atom. The Kier molecular flexibility index (Phi) is 10.4. The van der Waals surface area contributed by atoms with E-state index < -0.39 is 18.1 Å². The summed E-state index contributed by atoms with van der Waals surface area (Å²) in [5.74, 6) is 1.47. The number of ether oxygens (including phenoxy) is 5. The summed E-state index contributed by atoms with van der Waals surface area (Å²) in [6, 6.07) is 19.1. The number of para-hydroxylation sites is 1. The molecule has 1 aromatic heterocycles. The minimum atomic E-state index is -0.898. The van der Waals surface area contributed by atoms with Crippen LogP contribution in [-0.4, -0.2) is 69.0 Å². The highest BCUT2D eigenvalue weighted by Crippen LogP contribution is 2.30. The maximum Gasteiger partial charge on any atom is 0.416 e. The van der Waals surface area contributed by atoms with Crippen LogP contribution in [0.4, 0.5) is 9.93 Å². The average Bonchev–Trinajstić information content (AvgIpc) is 3.45. The van der Waals surface area contributed by atoms with Crippen LogP contribution in [-0.2, 0) is 16.1 Å². The van der Waals surface area contributed by atoms with Crippen molar-refractivity contribution in [1.29, 1.82) is 0 Å². The minimum absolute atomic E-state index is 0.0704. The first kappa shape index (κ1) is 30.4. The fourth-order valence-corrected chi connectivity index (χ4v) is 5.05. The molecule has 0 saturated heterocycles. The molecule has 10 nitrogen and oxygen atoms in total. The van der Waals surface area contributed by atoms with Crippen LogP contribution >= 0.6 is 11.3 Å². The molecule has 4 aromatic rings. The predicted molar refractivity (Wildman–Crippen MR) is 162 cm³/mol. The number of anilines is 1. The van der Waals surface area contributed by atoms with Gasteiger partial charge in [0, 0.05) is 7.05 Å². The molecule has 0 N–H and O–H groups in total. The van der Waals surface area contributed by atoms with Crippen LogP contribution in [0.1, 0.15) is 19.4 Å². The zero-order valence-corrected chi connectivity index (χ0v) is 25.2. The monoisotopic (exact) mass is 593 g/mol. The lowest BCUT2D eigenvalue weighted by atomic mass is 10.1. The maximum atomic E-state index is 13.3. The van der Waals surface area contributed by atoms with Gasteiger partial charge in [0.15, 0.2) is 16.6 Å². The summed E-state index contributed by atoms with van der Waals surface area (Å²) in [6.45, 7) is 4.54. The maximum absolute atomic E-state index is 13.3. The molecule has 0 spiro atoms. The lowest BCUT2D eigenvalue weighted by Crippen LogP contribution is -2.45. The number of methoxy groups -OCH3 is 2. The van der Waals surface area contributed by atoms with Crippen molar-refractivity contribution in [3.8, 4) is 23.0 Å². The van der Waals surface area contributed by atoms with Gasteiger partial charge in [-0.05, 0) is 67.9 Å². The Labute approximate surface area is 249 Å². The van der Waals surface area contributed by atoms with Gasteiger partial charge in [-0.2, -0.15) is 0 Å². The summed E-state index contributed by atoms with van der Waals surface area (Å²) >= 11 is 1.62. The highest BCUT2D eigenvalue weighted by molar-refractivity contribution is 7.22. The minimum Gasteiger partial charge on any atom is -0.497 e. The molecule has 0 bridgehead atoms. The first-order valence-electron chi connectivity index (χ1n) is 13.5. The topological polar surface area (TPSA) is 99.7 Å². The van der Waals surface area contributed by atoms with Crippen LogP contribution in [0.3, 0.4) is 0 Å². The third kappa shape index (κ3) is 7.61. The first-order chi connectivity index (χ1) is 20.3. The molecule has 222 valence electrons. The fourth-order valence-electron chi connectivity index (χ4n) is 4.09. The SMILES string of the molecule is CCOC(=O)[C@@H](C)N(Cc1ccc(OC)c(OCCN(C)c2nc3ccccc3s2)c1)C(=O)Oc1ccc(OC)cc1. The highest BCUT2D eigenvalue weighted by Gasteiger charge is 2.29. The van der Waals surface area contributed by atoms with Crippen LogP contribution in [0.15, 0.2) is 66.7 Å². The highest BCUT2D eigenvalue weighted by atomic mass is 32.1. The van der Waals surface area contributed by atoms with Crippen molar-refractivity contribution in [1.82, 2.24) is 9.88 Å². The Bertz CT molecular complexity index is 1460. The van der Waals surface area contributed by atoms with Gasteiger partial charge >= 0.3 is 12.1 Å². The molecule has 0 unspecified atom stereocenters. The van der Waals surface area contributed by atoms with Crippen molar-refractivity contribution in [2.45, 2.75) is 26.4 Å². The number of carbonyl (C=O) groups is 2. The number of aromatic nitrogens is 1. The van der Waals surface area contributed by atoms with Crippen LogP contribution in [0.2, 0.25) is 0 Å². The Balaban J connectivity index is 1.47. The molecule has 42 heavy (non-hydrogen) atoms. The van der Waals surface area contributed by atoms with E-state index in [1.54, 1.807) is 75.8 Å². The van der Waals surface area contributed by atoms with Gasteiger partial charge < -0.3 is 28.6 Å².